The third-order valence-electron chi connectivity index (χ3n) is 7.22. The molecule has 3 unspecified atom stereocenters. The highest BCUT2D eigenvalue weighted by molar-refractivity contribution is 7.98. The van der Waals surface area contributed by atoms with Gasteiger partial charge in [0.1, 0.15) is 28.2 Å². The third kappa shape index (κ3) is 13.3. The summed E-state index contributed by atoms with van der Waals surface area (Å²) >= 11 is 1.78. The number of benzene rings is 1. The van der Waals surface area contributed by atoms with E-state index in [9.17, 15) is 13.8 Å². The number of carbonyl (C=O) groups is 2. The van der Waals surface area contributed by atoms with Gasteiger partial charge in [0.15, 0.2) is 0 Å². The maximum Gasteiger partial charge on any atom is 0.259 e. The third-order valence-corrected chi connectivity index (χ3v) is 9.16. The number of aromatic nitrogens is 2. The van der Waals surface area contributed by atoms with Crippen molar-refractivity contribution in [2.75, 3.05) is 50.6 Å². The van der Waals surface area contributed by atoms with Gasteiger partial charge >= 0.3 is 0 Å². The van der Waals surface area contributed by atoms with Crippen LogP contribution in [-0.2, 0) is 25.9 Å². The lowest BCUT2D eigenvalue weighted by Crippen LogP contribution is -2.57. The summed E-state index contributed by atoms with van der Waals surface area (Å²) < 4.78 is 21.1. The number of anilines is 1. The van der Waals surface area contributed by atoms with Crippen molar-refractivity contribution < 1.29 is 18.5 Å². The van der Waals surface area contributed by atoms with Crippen LogP contribution < -0.4 is 10.0 Å². The molecule has 46 heavy (non-hydrogen) atoms. The number of amides is 2. The second-order valence-electron chi connectivity index (χ2n) is 14.0. The second kappa shape index (κ2) is 18.7. The standard InChI is InChI=1S/C29H44N6O3S2.C5H12O/c1-21(2)17-35(23-15-22(18-34(19-23)20-36)33-40(38)24-11-8-7-9-12-24)27(37)25-16-31-28(29(3,4)5)32-26(25)30-13-10-14-39-6;1-5(2,3)6-4/h7-9,11-12,16,20-23,33H,10,13-15,17-19H2,1-6H3,(H,30,31,32);1-4H3. The first-order chi connectivity index (χ1) is 21.6. The Hall–Kier alpha value is -2.54. The molecule has 10 nitrogen and oxygen atoms in total. The first kappa shape index (κ1) is 39.6. The van der Waals surface area contributed by atoms with Crippen LogP contribution in [0.2, 0.25) is 0 Å². The number of carbonyl (C=O) groups excluding carboxylic acids is 2. The van der Waals surface area contributed by atoms with E-state index < -0.39 is 11.0 Å². The van der Waals surface area contributed by atoms with Gasteiger partial charge in [-0.05, 0) is 63.7 Å². The average molecular weight is 677 g/mol. The van der Waals surface area contributed by atoms with Crippen LogP contribution in [0.5, 0.6) is 0 Å². The molecule has 1 saturated heterocycles. The Kier molecular flexibility index (Phi) is 16.1. The predicted octanol–water partition coefficient (Wildman–Crippen LogP) is 5.38. The minimum absolute atomic E-state index is 0.0417. The molecule has 12 heteroatoms. The van der Waals surface area contributed by atoms with Crippen LogP contribution in [0.3, 0.4) is 0 Å². The van der Waals surface area contributed by atoms with Crippen LogP contribution in [0.4, 0.5) is 5.82 Å². The molecule has 3 rings (SSSR count). The van der Waals surface area contributed by atoms with Gasteiger partial charge in [0.05, 0.1) is 16.5 Å². The van der Waals surface area contributed by atoms with Gasteiger partial charge in [-0.25, -0.2) is 18.9 Å². The molecule has 0 aliphatic carbocycles. The van der Waals surface area contributed by atoms with E-state index in [1.807, 2.05) is 56.0 Å². The number of hydrogen-bond acceptors (Lipinski definition) is 8. The Labute approximate surface area is 283 Å². The second-order valence-corrected chi connectivity index (χ2v) is 16.2. The molecule has 1 aliphatic rings. The molecule has 1 aromatic heterocycles. The summed E-state index contributed by atoms with van der Waals surface area (Å²) in [6, 6.07) is 8.69. The minimum atomic E-state index is -1.43. The Balaban J connectivity index is 0.00000112. The number of piperidine rings is 1. The van der Waals surface area contributed by atoms with Crippen LogP contribution in [-0.4, -0.2) is 99.3 Å². The average Bonchev–Trinajstić information content (AvgIpc) is 3.01. The molecule has 258 valence electrons. The van der Waals surface area contributed by atoms with Gasteiger partial charge in [0.25, 0.3) is 5.91 Å². The lowest BCUT2D eigenvalue weighted by Gasteiger charge is -2.42. The van der Waals surface area contributed by atoms with Crippen molar-refractivity contribution in [1.82, 2.24) is 24.5 Å². The predicted molar refractivity (Wildman–Crippen MR) is 191 cm³/mol. The van der Waals surface area contributed by atoms with E-state index >= 15 is 0 Å². The molecule has 2 heterocycles. The fourth-order valence-corrected chi connectivity index (χ4v) is 6.12. The minimum Gasteiger partial charge on any atom is -0.379 e. The zero-order valence-corrected chi connectivity index (χ0v) is 31.1. The lowest BCUT2D eigenvalue weighted by molar-refractivity contribution is -0.120. The van der Waals surface area contributed by atoms with Crippen molar-refractivity contribution in [3.8, 4) is 0 Å². The van der Waals surface area contributed by atoms with Crippen molar-refractivity contribution >= 4 is 40.9 Å². The summed E-state index contributed by atoms with van der Waals surface area (Å²) in [6.45, 7) is 18.4. The molecule has 0 spiro atoms. The van der Waals surface area contributed by atoms with E-state index in [0.29, 0.717) is 54.7 Å². The van der Waals surface area contributed by atoms with Gasteiger partial charge in [0.2, 0.25) is 6.41 Å². The van der Waals surface area contributed by atoms with Gasteiger partial charge in [-0.1, -0.05) is 52.8 Å². The SMILES string of the molecule is COC(C)(C)C.CSCCCNc1nc(C(C)(C)C)ncc1C(=O)N(CC(C)C)C1CC(NS(=O)c2ccccc2)CN(C=O)C1. The monoisotopic (exact) mass is 676 g/mol. The van der Waals surface area contributed by atoms with Crippen molar-refractivity contribution in [3.05, 3.63) is 47.9 Å². The molecular formula is C34H56N6O4S2. The number of ether oxygens (including phenoxy) is 1. The Morgan fingerprint density at radius 3 is 2.37 bits per heavy atom. The summed E-state index contributed by atoms with van der Waals surface area (Å²) in [5, 5.41) is 3.39. The van der Waals surface area contributed by atoms with Gasteiger partial charge in [-0.2, -0.15) is 11.8 Å². The van der Waals surface area contributed by atoms with Crippen molar-refractivity contribution in [3.63, 3.8) is 0 Å². The zero-order chi connectivity index (χ0) is 34.5. The maximum absolute atomic E-state index is 14.2. The number of nitrogens with zero attached hydrogens (tertiary/aromatic N) is 4. The molecule has 0 saturated carbocycles. The highest BCUT2D eigenvalue weighted by atomic mass is 32.2. The summed E-state index contributed by atoms with van der Waals surface area (Å²) in [5.74, 6) is 2.26. The van der Waals surface area contributed by atoms with E-state index in [4.69, 9.17) is 9.72 Å². The number of thioether (sulfide) groups is 1. The highest BCUT2D eigenvalue weighted by Crippen LogP contribution is 2.26. The van der Waals surface area contributed by atoms with E-state index in [1.165, 1.54) is 0 Å². The fourth-order valence-electron chi connectivity index (χ4n) is 4.67. The first-order valence-corrected chi connectivity index (χ1v) is 18.5. The van der Waals surface area contributed by atoms with E-state index in [1.54, 1.807) is 30.0 Å². The quantitative estimate of drug-likeness (QED) is 0.215. The van der Waals surface area contributed by atoms with Crippen LogP contribution in [0, 0.1) is 5.92 Å². The first-order valence-electron chi connectivity index (χ1n) is 16.0. The smallest absolute Gasteiger partial charge is 0.259 e. The molecule has 1 aliphatic heterocycles. The largest absolute Gasteiger partial charge is 0.379 e. The Bertz CT molecular complexity index is 1250. The van der Waals surface area contributed by atoms with Crippen molar-refractivity contribution in [2.24, 2.45) is 5.92 Å². The van der Waals surface area contributed by atoms with Gasteiger partial charge in [-0.3, -0.25) is 9.59 Å². The summed E-state index contributed by atoms with van der Waals surface area (Å²) in [5.41, 5.74) is 0.203. The van der Waals surface area contributed by atoms with E-state index in [-0.39, 0.29) is 34.9 Å². The Morgan fingerprint density at radius 2 is 1.83 bits per heavy atom. The number of rotatable bonds is 13. The number of methoxy groups -OCH3 is 1. The van der Waals surface area contributed by atoms with Crippen molar-refractivity contribution in [2.45, 2.75) is 96.2 Å². The number of nitrogens with one attached hydrogen (secondary N) is 2. The zero-order valence-electron chi connectivity index (χ0n) is 29.5. The molecular weight excluding hydrogens is 621 g/mol. The van der Waals surface area contributed by atoms with Crippen LogP contribution in [0.1, 0.15) is 84.4 Å². The topological polar surface area (TPSA) is 117 Å². The van der Waals surface area contributed by atoms with Gasteiger partial charge in [0, 0.05) is 50.9 Å². The molecule has 1 fully saturated rings. The molecule has 2 N–H and O–H groups in total. The highest BCUT2D eigenvalue weighted by Gasteiger charge is 2.35. The molecule has 1 aromatic carbocycles. The summed E-state index contributed by atoms with van der Waals surface area (Å²) in [4.78, 5) is 39.7. The Morgan fingerprint density at radius 1 is 1.17 bits per heavy atom. The van der Waals surface area contributed by atoms with Crippen LogP contribution in [0.15, 0.2) is 41.4 Å². The maximum atomic E-state index is 14.2. The van der Waals surface area contributed by atoms with Crippen LogP contribution in [0.25, 0.3) is 0 Å². The fraction of sp³-hybridized carbons (Fsp3) is 0.647. The summed E-state index contributed by atoms with van der Waals surface area (Å²) in [7, 11) is 0.276. The molecule has 2 amide bonds. The van der Waals surface area contributed by atoms with Gasteiger partial charge in [-0.15, -0.1) is 0 Å². The summed E-state index contributed by atoms with van der Waals surface area (Å²) in [6.07, 6.45) is 6.04. The normalized spacial score (nSPS) is 17.6. The molecule has 0 bridgehead atoms. The number of likely N-dealkylation sites (tertiary alicyclic amines) is 1. The molecule has 2 aromatic rings. The van der Waals surface area contributed by atoms with Crippen molar-refractivity contribution in [1.29, 1.82) is 0 Å². The number of hydrogen-bond donors (Lipinski definition) is 2. The molecule has 3 atom stereocenters. The van der Waals surface area contributed by atoms with E-state index in [2.05, 4.69) is 55.9 Å². The molecule has 0 radical (unpaired) electrons. The van der Waals surface area contributed by atoms with Crippen LogP contribution >= 0.6 is 11.8 Å². The van der Waals surface area contributed by atoms with Gasteiger partial charge < -0.3 is 19.9 Å². The lowest BCUT2D eigenvalue weighted by atomic mass is 9.95. The van der Waals surface area contributed by atoms with E-state index in [0.717, 1.165) is 18.6 Å².